The van der Waals surface area contributed by atoms with Gasteiger partial charge in [-0.1, -0.05) is 56.6 Å². The van der Waals surface area contributed by atoms with Gasteiger partial charge >= 0.3 is 5.97 Å². The van der Waals surface area contributed by atoms with Gasteiger partial charge in [-0.2, -0.15) is 0 Å². The number of nitrogens with one attached hydrogen (secondary N) is 1. The average molecular weight is 799 g/mol. The molecule has 8 nitrogen and oxygen atoms in total. The van der Waals surface area contributed by atoms with E-state index in [-0.39, 0.29) is 30.8 Å². The summed E-state index contributed by atoms with van der Waals surface area (Å²) in [7, 11) is 0. The fourth-order valence-corrected chi connectivity index (χ4v) is 9.08. The minimum atomic E-state index is -0.721. The van der Waals surface area contributed by atoms with Gasteiger partial charge in [0.25, 0.3) is 0 Å². The Morgan fingerprint density at radius 2 is 1.58 bits per heavy atom. The number of rotatable bonds is 15. The summed E-state index contributed by atoms with van der Waals surface area (Å²) in [6.07, 6.45) is 19.0. The van der Waals surface area contributed by atoms with Crippen LogP contribution < -0.4 is 5.32 Å². The number of ether oxygens (including phenoxy) is 1. The number of hydrogen-bond donors (Lipinski definition) is 3. The second kappa shape index (κ2) is 18.6. The van der Waals surface area contributed by atoms with E-state index in [0.717, 1.165) is 111 Å². The minimum absolute atomic E-state index is 0.0118. The summed E-state index contributed by atoms with van der Waals surface area (Å²) >= 11 is 0. The smallest absolute Gasteiger partial charge is 0.306 e. The molecule has 8 heteroatoms. The lowest BCUT2D eigenvalue weighted by Crippen LogP contribution is -2.16. The Bertz CT molecular complexity index is 2230. The quantitative estimate of drug-likeness (QED) is 0.113. The third-order valence-corrected chi connectivity index (χ3v) is 12.4. The summed E-state index contributed by atoms with van der Waals surface area (Å²) in [5.41, 5.74) is 17.6. The molecule has 0 aromatic carbocycles. The predicted octanol–water partition coefficient (Wildman–Crippen LogP) is 11.8. The van der Waals surface area contributed by atoms with Crippen molar-refractivity contribution in [2.75, 3.05) is 6.61 Å². The molecule has 1 unspecified atom stereocenters. The van der Waals surface area contributed by atoms with Crippen LogP contribution in [0.15, 0.2) is 141 Å². The number of aliphatic hydroxyl groups excluding tert-OH is 2. The van der Waals surface area contributed by atoms with Gasteiger partial charge in [-0.05, 0) is 146 Å². The molecule has 0 amide bonds. The van der Waals surface area contributed by atoms with E-state index in [1.807, 2.05) is 19.1 Å². The number of esters is 1. The van der Waals surface area contributed by atoms with Gasteiger partial charge in [0.05, 0.1) is 40.3 Å². The van der Waals surface area contributed by atoms with E-state index < -0.39 is 6.10 Å². The molecule has 0 aromatic rings. The van der Waals surface area contributed by atoms with E-state index in [2.05, 4.69) is 91.9 Å². The van der Waals surface area contributed by atoms with Crippen molar-refractivity contribution in [3.8, 4) is 0 Å². The molecule has 0 aromatic heterocycles. The summed E-state index contributed by atoms with van der Waals surface area (Å²) in [4.78, 5) is 28.9. The zero-order valence-electron chi connectivity index (χ0n) is 37.4. The zero-order chi connectivity index (χ0) is 42.7. The lowest BCUT2D eigenvalue weighted by molar-refractivity contribution is -0.142. The first-order valence-electron chi connectivity index (χ1n) is 21.9. The first-order chi connectivity index (χ1) is 28.1. The lowest BCUT2D eigenvalue weighted by atomic mass is 9.86. The van der Waals surface area contributed by atoms with E-state index >= 15 is 0 Å². The molecule has 5 aliphatic heterocycles. The molecule has 1 aliphatic carbocycles. The molecule has 6 rings (SSSR count). The molecule has 0 spiro atoms. The maximum Gasteiger partial charge on any atom is 0.306 e. The van der Waals surface area contributed by atoms with E-state index in [0.29, 0.717) is 30.9 Å². The number of fused-ring (bicyclic) bond motifs is 5. The number of allylic oxidation sites excluding steroid dienone is 16. The summed E-state index contributed by atoms with van der Waals surface area (Å²) < 4.78 is 5.76. The Balaban J connectivity index is 1.30. The van der Waals surface area contributed by atoms with Crippen LogP contribution in [0.3, 0.4) is 0 Å². The molecule has 1 fully saturated rings. The van der Waals surface area contributed by atoms with Crippen LogP contribution >= 0.6 is 0 Å². The largest absolute Gasteiger partial charge is 0.511 e. The normalized spacial score (nSPS) is 22.3. The topological polar surface area (TPSA) is 116 Å². The summed E-state index contributed by atoms with van der Waals surface area (Å²) in [5.74, 6) is 0.485. The van der Waals surface area contributed by atoms with Crippen LogP contribution in [0.2, 0.25) is 0 Å². The molecule has 3 atom stereocenters. The Hall–Kier alpha value is -4.82. The number of carbonyl (C=O) groups is 1. The maximum atomic E-state index is 13.3. The standard InChI is InChI=1S/C51H66N4O4/c1-12-36-43-27-44-38(23-29(4)5)33(9)40(52-44)26-45-48(35(11)56)34(10)42(53-45)25-41-32(8)37(50(54-41)39-24-46(57)49(36)51(39)55-43)19-20-47(58)59-22-21-31(7)18-14-17-30(6)16-13-15-28(2)3/h15,17,21,25-27,29,32,35,37,54,56-57H,12-14,16,18-20,22-24H2,1-11H3/b30-17+,31-21+,41-25?,44-27?,45-26?,50-39?/t32-,35?,37-/m0/s1. The highest BCUT2D eigenvalue weighted by atomic mass is 16.5. The number of nitrogens with zero attached hydrogens (tertiary/aromatic N) is 3. The van der Waals surface area contributed by atoms with Crippen LogP contribution in [-0.2, 0) is 9.53 Å². The van der Waals surface area contributed by atoms with Gasteiger partial charge in [-0.25, -0.2) is 15.0 Å². The Morgan fingerprint density at radius 3 is 2.25 bits per heavy atom. The second-order valence-electron chi connectivity index (χ2n) is 17.8. The Kier molecular flexibility index (Phi) is 13.8. The second-order valence-corrected chi connectivity index (χ2v) is 17.8. The summed E-state index contributed by atoms with van der Waals surface area (Å²) in [6.45, 7) is 23.5. The van der Waals surface area contributed by atoms with Gasteiger partial charge in [0.1, 0.15) is 12.4 Å². The van der Waals surface area contributed by atoms with Crippen molar-refractivity contribution in [1.82, 2.24) is 5.32 Å². The maximum absolute atomic E-state index is 13.3. The van der Waals surface area contributed by atoms with Crippen molar-refractivity contribution >= 4 is 23.1 Å². The molecule has 8 bridgehead atoms. The average Bonchev–Trinajstić information content (AvgIpc) is 3.93. The number of aliphatic imine (C=N–C) groups is 3. The zero-order valence-corrected chi connectivity index (χ0v) is 37.4. The highest BCUT2D eigenvalue weighted by molar-refractivity contribution is 6.21. The van der Waals surface area contributed by atoms with Crippen molar-refractivity contribution in [3.05, 3.63) is 126 Å². The SMILES string of the molecule is CCC1=C2C=C3N=C(C=C4N=C(C=C5NC(=C6CC(O)=C1C6=N2)[C@@H](CCC(=O)OC/C=C(\C)CC/C=C(\C)CCC=C(C)C)[C@@H]5C)C(C)=C4C(C)O)C(C)=C3CC(C)C. The van der Waals surface area contributed by atoms with Crippen molar-refractivity contribution in [2.24, 2.45) is 32.7 Å². The number of carbonyl (C=O) groups excluding carboxylic acids is 1. The summed E-state index contributed by atoms with van der Waals surface area (Å²) in [6, 6.07) is 0. The predicted molar refractivity (Wildman–Crippen MR) is 243 cm³/mol. The third kappa shape index (κ3) is 9.64. The highest BCUT2D eigenvalue weighted by Gasteiger charge is 2.42. The van der Waals surface area contributed by atoms with E-state index in [9.17, 15) is 15.0 Å². The molecule has 3 N–H and O–H groups in total. The molecular weight excluding hydrogens is 733 g/mol. The van der Waals surface area contributed by atoms with Crippen LogP contribution in [0.5, 0.6) is 0 Å². The van der Waals surface area contributed by atoms with E-state index in [1.165, 1.54) is 22.3 Å². The lowest BCUT2D eigenvalue weighted by Gasteiger charge is -2.17. The molecular formula is C51H66N4O4. The molecule has 0 radical (unpaired) electrons. The van der Waals surface area contributed by atoms with E-state index in [4.69, 9.17) is 19.7 Å². The number of aliphatic hydroxyl groups is 2. The van der Waals surface area contributed by atoms with Gasteiger partial charge in [-0.3, -0.25) is 4.79 Å². The minimum Gasteiger partial charge on any atom is -0.511 e. The van der Waals surface area contributed by atoms with Crippen LogP contribution in [0.4, 0.5) is 0 Å². The fraction of sp³-hybridized carbons (Fsp3) is 0.490. The molecule has 6 aliphatic rings. The Labute approximate surface area is 352 Å². The van der Waals surface area contributed by atoms with Gasteiger partial charge in [0.2, 0.25) is 0 Å². The molecule has 59 heavy (non-hydrogen) atoms. The monoisotopic (exact) mass is 799 g/mol. The van der Waals surface area contributed by atoms with Crippen LogP contribution in [0, 0.1) is 17.8 Å². The first kappa shape index (κ1) is 43.8. The summed E-state index contributed by atoms with van der Waals surface area (Å²) in [5, 5.41) is 26.5. The van der Waals surface area contributed by atoms with Crippen molar-refractivity contribution in [2.45, 2.75) is 140 Å². The van der Waals surface area contributed by atoms with Crippen molar-refractivity contribution in [3.63, 3.8) is 0 Å². The van der Waals surface area contributed by atoms with Gasteiger partial charge in [0.15, 0.2) is 0 Å². The fourth-order valence-electron chi connectivity index (χ4n) is 9.08. The molecule has 5 heterocycles. The van der Waals surface area contributed by atoms with Gasteiger partial charge in [0, 0.05) is 52.8 Å². The Morgan fingerprint density at radius 1 is 0.898 bits per heavy atom. The van der Waals surface area contributed by atoms with Crippen LogP contribution in [0.25, 0.3) is 0 Å². The van der Waals surface area contributed by atoms with Gasteiger partial charge < -0.3 is 20.3 Å². The highest BCUT2D eigenvalue weighted by Crippen LogP contribution is 2.47. The van der Waals surface area contributed by atoms with Crippen molar-refractivity contribution in [1.29, 1.82) is 0 Å². The van der Waals surface area contributed by atoms with Gasteiger partial charge in [-0.15, -0.1) is 0 Å². The molecule has 1 saturated heterocycles. The molecule has 0 saturated carbocycles. The number of hydrogen-bond acceptors (Lipinski definition) is 8. The van der Waals surface area contributed by atoms with E-state index in [1.54, 1.807) is 6.92 Å². The first-order valence-corrected chi connectivity index (χ1v) is 21.9. The molecule has 314 valence electrons. The van der Waals surface area contributed by atoms with Crippen LogP contribution in [-0.4, -0.2) is 46.0 Å². The van der Waals surface area contributed by atoms with Crippen LogP contribution in [0.1, 0.15) is 134 Å². The third-order valence-electron chi connectivity index (χ3n) is 12.4. The van der Waals surface area contributed by atoms with Crippen molar-refractivity contribution < 1.29 is 19.7 Å².